The molecule has 0 bridgehead atoms. The molecule has 1 aromatic heterocycles. The van der Waals surface area contributed by atoms with E-state index in [4.69, 9.17) is 4.74 Å². The highest BCUT2D eigenvalue weighted by atomic mass is 32.1. The average molecular weight is 262 g/mol. The van der Waals surface area contributed by atoms with E-state index in [1.807, 2.05) is 18.5 Å². The Morgan fingerprint density at radius 1 is 1.44 bits per heavy atom. The summed E-state index contributed by atoms with van der Waals surface area (Å²) in [5.41, 5.74) is 2.43. The van der Waals surface area contributed by atoms with Crippen LogP contribution in [-0.4, -0.2) is 12.0 Å². The molecule has 0 saturated heterocycles. The summed E-state index contributed by atoms with van der Waals surface area (Å²) in [4.78, 5) is 4.22. The highest BCUT2D eigenvalue weighted by Gasteiger charge is 2.10. The number of rotatable bonds is 5. The Labute approximate surface area is 112 Å². The van der Waals surface area contributed by atoms with Crippen molar-refractivity contribution >= 4 is 11.3 Å². The molecule has 1 atom stereocenters. The monoisotopic (exact) mass is 262 g/mol. The maximum atomic E-state index is 5.87. The van der Waals surface area contributed by atoms with Crippen LogP contribution in [0.5, 0.6) is 5.75 Å². The fourth-order valence-corrected chi connectivity index (χ4v) is 2.28. The molecule has 18 heavy (non-hydrogen) atoms. The minimum Gasteiger partial charge on any atom is -0.486 e. The van der Waals surface area contributed by atoms with Crippen molar-refractivity contribution in [3.05, 3.63) is 45.9 Å². The SMILES string of the molecule is CNC(C)c1cc(C)ccc1OCc1nccs1. The Kier molecular flexibility index (Phi) is 4.33. The summed E-state index contributed by atoms with van der Waals surface area (Å²) in [5, 5.41) is 6.21. The summed E-state index contributed by atoms with van der Waals surface area (Å²) in [5.74, 6) is 0.928. The molecule has 1 N–H and O–H groups in total. The van der Waals surface area contributed by atoms with Crippen molar-refractivity contribution in [3.8, 4) is 5.75 Å². The van der Waals surface area contributed by atoms with Crippen LogP contribution in [0.1, 0.15) is 29.1 Å². The van der Waals surface area contributed by atoms with Gasteiger partial charge in [-0.05, 0) is 27.0 Å². The molecular weight excluding hydrogens is 244 g/mol. The van der Waals surface area contributed by atoms with Gasteiger partial charge in [0, 0.05) is 23.2 Å². The lowest BCUT2D eigenvalue weighted by atomic mass is 10.0. The summed E-state index contributed by atoms with van der Waals surface area (Å²) in [6, 6.07) is 6.55. The highest BCUT2D eigenvalue weighted by molar-refractivity contribution is 7.09. The summed E-state index contributed by atoms with van der Waals surface area (Å²) >= 11 is 1.61. The Morgan fingerprint density at radius 3 is 2.94 bits per heavy atom. The van der Waals surface area contributed by atoms with Gasteiger partial charge in [0.25, 0.3) is 0 Å². The zero-order valence-electron chi connectivity index (χ0n) is 10.9. The zero-order chi connectivity index (χ0) is 13.0. The number of aryl methyl sites for hydroxylation is 1. The van der Waals surface area contributed by atoms with E-state index in [1.54, 1.807) is 17.5 Å². The van der Waals surface area contributed by atoms with E-state index < -0.39 is 0 Å². The van der Waals surface area contributed by atoms with Crippen LogP contribution in [0.3, 0.4) is 0 Å². The fraction of sp³-hybridized carbons (Fsp3) is 0.357. The standard InChI is InChI=1S/C14H18N2OS/c1-10-4-5-13(12(8-10)11(2)15-3)17-9-14-16-6-7-18-14/h4-8,11,15H,9H2,1-3H3. The molecule has 0 amide bonds. The van der Waals surface area contributed by atoms with E-state index >= 15 is 0 Å². The molecule has 0 aliphatic rings. The van der Waals surface area contributed by atoms with E-state index in [0.29, 0.717) is 6.61 Å². The van der Waals surface area contributed by atoms with Crippen LogP contribution in [0.2, 0.25) is 0 Å². The van der Waals surface area contributed by atoms with E-state index in [2.05, 4.69) is 36.3 Å². The van der Waals surface area contributed by atoms with Gasteiger partial charge in [-0.15, -0.1) is 11.3 Å². The summed E-state index contributed by atoms with van der Waals surface area (Å²) < 4.78 is 5.87. The molecule has 1 aromatic carbocycles. The highest BCUT2D eigenvalue weighted by Crippen LogP contribution is 2.27. The molecule has 0 saturated carbocycles. The van der Waals surface area contributed by atoms with Crippen molar-refractivity contribution < 1.29 is 4.74 Å². The van der Waals surface area contributed by atoms with E-state index in [9.17, 15) is 0 Å². The van der Waals surface area contributed by atoms with E-state index in [-0.39, 0.29) is 6.04 Å². The van der Waals surface area contributed by atoms with Crippen molar-refractivity contribution in [2.24, 2.45) is 0 Å². The Balaban J connectivity index is 2.16. The van der Waals surface area contributed by atoms with Gasteiger partial charge < -0.3 is 10.1 Å². The Hall–Kier alpha value is -1.39. The second-order valence-corrected chi connectivity index (χ2v) is 5.25. The minimum atomic E-state index is 0.274. The maximum absolute atomic E-state index is 5.87. The summed E-state index contributed by atoms with van der Waals surface area (Å²) in [6.07, 6.45) is 1.80. The molecule has 1 heterocycles. The fourth-order valence-electron chi connectivity index (χ4n) is 1.76. The average Bonchev–Trinajstić information content (AvgIpc) is 2.89. The first-order valence-electron chi connectivity index (χ1n) is 5.99. The quantitative estimate of drug-likeness (QED) is 0.897. The van der Waals surface area contributed by atoms with Gasteiger partial charge in [0.2, 0.25) is 0 Å². The lowest BCUT2D eigenvalue weighted by Crippen LogP contribution is -2.14. The number of hydrogen-bond acceptors (Lipinski definition) is 4. The molecule has 2 rings (SSSR count). The second-order valence-electron chi connectivity index (χ2n) is 4.27. The summed E-state index contributed by atoms with van der Waals surface area (Å²) in [6.45, 7) is 4.76. The molecule has 4 heteroatoms. The smallest absolute Gasteiger partial charge is 0.140 e. The van der Waals surface area contributed by atoms with Gasteiger partial charge in [-0.25, -0.2) is 4.98 Å². The summed E-state index contributed by atoms with van der Waals surface area (Å²) in [7, 11) is 1.96. The van der Waals surface area contributed by atoms with Gasteiger partial charge in [0.1, 0.15) is 17.4 Å². The van der Waals surface area contributed by atoms with Crippen molar-refractivity contribution in [2.75, 3.05) is 7.05 Å². The first-order valence-corrected chi connectivity index (χ1v) is 6.87. The number of nitrogens with zero attached hydrogens (tertiary/aromatic N) is 1. The Bertz CT molecular complexity index is 497. The van der Waals surface area contributed by atoms with Gasteiger partial charge in [0.15, 0.2) is 0 Å². The number of nitrogens with one attached hydrogen (secondary N) is 1. The third-order valence-electron chi connectivity index (χ3n) is 2.90. The predicted molar refractivity (Wildman–Crippen MR) is 75.1 cm³/mol. The molecule has 0 spiro atoms. The molecule has 0 fully saturated rings. The van der Waals surface area contributed by atoms with E-state index in [0.717, 1.165) is 10.8 Å². The third-order valence-corrected chi connectivity index (χ3v) is 3.65. The van der Waals surface area contributed by atoms with Crippen molar-refractivity contribution in [3.63, 3.8) is 0 Å². The molecule has 0 aliphatic carbocycles. The first kappa shape index (κ1) is 13.1. The molecule has 0 aliphatic heterocycles. The molecule has 1 unspecified atom stereocenters. The van der Waals surface area contributed by atoms with Gasteiger partial charge in [-0.3, -0.25) is 0 Å². The number of aromatic nitrogens is 1. The number of hydrogen-bond donors (Lipinski definition) is 1. The third kappa shape index (κ3) is 3.09. The number of ether oxygens (including phenoxy) is 1. The minimum absolute atomic E-state index is 0.274. The van der Waals surface area contributed by atoms with E-state index in [1.165, 1.54) is 11.1 Å². The van der Waals surface area contributed by atoms with Gasteiger partial charge in [-0.2, -0.15) is 0 Å². The second kappa shape index (κ2) is 5.98. The molecule has 3 nitrogen and oxygen atoms in total. The van der Waals surface area contributed by atoms with Crippen LogP contribution in [-0.2, 0) is 6.61 Å². The van der Waals surface area contributed by atoms with Gasteiger partial charge >= 0.3 is 0 Å². The lowest BCUT2D eigenvalue weighted by Gasteiger charge is -2.16. The molecule has 96 valence electrons. The number of thiazole rings is 1. The first-order chi connectivity index (χ1) is 8.70. The number of benzene rings is 1. The van der Waals surface area contributed by atoms with Crippen LogP contribution in [0, 0.1) is 6.92 Å². The normalized spacial score (nSPS) is 12.4. The molecule has 0 radical (unpaired) electrons. The van der Waals surface area contributed by atoms with Crippen molar-refractivity contribution in [2.45, 2.75) is 26.5 Å². The lowest BCUT2D eigenvalue weighted by molar-refractivity contribution is 0.299. The zero-order valence-corrected chi connectivity index (χ0v) is 11.8. The molecule has 2 aromatic rings. The van der Waals surface area contributed by atoms with Crippen molar-refractivity contribution in [1.82, 2.24) is 10.3 Å². The van der Waals surface area contributed by atoms with Crippen LogP contribution >= 0.6 is 11.3 Å². The van der Waals surface area contributed by atoms with Gasteiger partial charge in [-0.1, -0.05) is 17.7 Å². The van der Waals surface area contributed by atoms with Crippen LogP contribution < -0.4 is 10.1 Å². The molecular formula is C14H18N2OS. The maximum Gasteiger partial charge on any atom is 0.140 e. The van der Waals surface area contributed by atoms with Gasteiger partial charge in [0.05, 0.1) is 0 Å². The largest absolute Gasteiger partial charge is 0.486 e. The van der Waals surface area contributed by atoms with Crippen LogP contribution in [0.25, 0.3) is 0 Å². The van der Waals surface area contributed by atoms with Crippen molar-refractivity contribution in [1.29, 1.82) is 0 Å². The Morgan fingerprint density at radius 2 is 2.28 bits per heavy atom. The van der Waals surface area contributed by atoms with Crippen LogP contribution in [0.4, 0.5) is 0 Å². The predicted octanol–water partition coefficient (Wildman–Crippen LogP) is 3.31. The topological polar surface area (TPSA) is 34.1 Å². The van der Waals surface area contributed by atoms with Crippen LogP contribution in [0.15, 0.2) is 29.8 Å².